The molecule has 3 heterocycles. The monoisotopic (exact) mass is 1170 g/mol. The minimum Gasteiger partial charge on any atom is -0.497 e. The van der Waals surface area contributed by atoms with E-state index in [1.165, 1.54) is 38.9 Å². The Morgan fingerprint density at radius 2 is 0.796 bits per heavy atom. The summed E-state index contributed by atoms with van der Waals surface area (Å²) >= 11 is 0. The molecule has 1 aromatic heterocycles. The van der Waals surface area contributed by atoms with Crippen molar-refractivity contribution < 1.29 is 14.2 Å². The molecule has 0 aliphatic carbocycles. The van der Waals surface area contributed by atoms with Crippen LogP contribution in [0.15, 0.2) is 54.6 Å². The number of rotatable bonds is 5. The van der Waals surface area contributed by atoms with Crippen LogP contribution < -0.4 is 14.2 Å². The van der Waals surface area contributed by atoms with Crippen LogP contribution in [0.25, 0.3) is 10.9 Å². The molecule has 2 aliphatic rings. The van der Waals surface area contributed by atoms with Crippen molar-refractivity contribution in [1.29, 1.82) is 0 Å². The van der Waals surface area contributed by atoms with Gasteiger partial charge < -0.3 is 19.2 Å². The van der Waals surface area contributed by atoms with Crippen LogP contribution in [0.2, 0.25) is 0 Å². The van der Waals surface area contributed by atoms with E-state index in [1.807, 2.05) is 6.07 Å². The molecule has 4 aromatic rings. The number of methoxy groups -OCH3 is 2. The zero-order valence-corrected chi connectivity index (χ0v) is 50.1. The van der Waals surface area contributed by atoms with Crippen LogP contribution >= 0.6 is 0 Å². The summed E-state index contributed by atoms with van der Waals surface area (Å²) in [6.45, 7) is 6.29. The molecule has 3 aromatic carbocycles. The van der Waals surface area contributed by atoms with Gasteiger partial charge >= 0.3 is 0 Å². The molecule has 0 saturated heterocycles. The fraction of sp³-hybridized carbons (Fsp3) is 0.114. The molecular weight excluding hydrogens is 1130 g/mol. The van der Waals surface area contributed by atoms with E-state index in [0.717, 1.165) is 48.7 Å². The number of aryl methyl sites for hydroxylation is 1. The number of ether oxygens (including phenoxy) is 3. The predicted molar refractivity (Wildman–Crippen MR) is 366 cm³/mol. The molecule has 0 saturated carbocycles. The van der Waals surface area contributed by atoms with Crippen molar-refractivity contribution in [2.24, 2.45) is 0 Å². The maximum absolute atomic E-state index is 6.23. The number of hydrogen-bond acceptors (Lipinski definition) is 4. The summed E-state index contributed by atoms with van der Waals surface area (Å²) in [6, 6.07) is 19.5. The van der Waals surface area contributed by atoms with E-state index >= 15 is 0 Å². The number of hydrogen-bond donors (Lipinski definition) is 1. The van der Waals surface area contributed by atoms with Crippen molar-refractivity contribution in [3.05, 3.63) is 88.1 Å². The zero-order valence-electron chi connectivity index (χ0n) is 50.1. The molecule has 6 rings (SSSR count). The predicted octanol–water partition coefficient (Wildman–Crippen LogP) is 6.46. The van der Waals surface area contributed by atoms with Crippen LogP contribution in [0.1, 0.15) is 46.5 Å². The van der Waals surface area contributed by atoms with Crippen LogP contribution in [0.5, 0.6) is 17.2 Å². The topological polar surface area (TPSA) is 46.7 Å². The van der Waals surface area contributed by atoms with Gasteiger partial charge in [0.05, 0.1) is 14.2 Å². The van der Waals surface area contributed by atoms with Gasteiger partial charge in [0.2, 0.25) is 0 Å². The molecule has 5 heteroatoms. The van der Waals surface area contributed by atoms with E-state index in [1.54, 1.807) is 21.1 Å². The van der Waals surface area contributed by atoms with Crippen molar-refractivity contribution in [3.8, 4) is 361 Å². The summed E-state index contributed by atoms with van der Waals surface area (Å²) in [5.41, 5.74) is 9.04. The number of aromatic amines is 1. The van der Waals surface area contributed by atoms with Gasteiger partial charge in [-0.15, -0.1) is 6.42 Å². The molecule has 2 aliphatic heterocycles. The molecule has 414 valence electrons. The maximum atomic E-state index is 6.23. The summed E-state index contributed by atoms with van der Waals surface area (Å²) < 4.78 is 17.5. The van der Waals surface area contributed by atoms with E-state index in [-0.39, 0.29) is 0 Å². The Morgan fingerprint density at radius 1 is 0.430 bits per heavy atom. The molecule has 1 N–H and O–H groups in total. The number of H-pyrrole nitrogens is 1. The SMILES string of the molecule is C#CC#CC#CC#CC#CC#CC#CC#CC#CC#CC#CC#CC#CC#CC#CC#CC#CC#CC#CC#CC#CC#CC#CC#CC#CC#CC#CC#CC#CC.COc1ccc2[nH]c3c(c2c1)CC1c2cc(OC)c(OCc4ccc(C)cc4)cc2CCN1C3. The number of terminal acetylenes is 1. The van der Waals surface area contributed by atoms with Crippen molar-refractivity contribution in [3.63, 3.8) is 0 Å². The van der Waals surface area contributed by atoms with Crippen molar-refractivity contribution in [2.75, 3.05) is 20.8 Å². The molecule has 1 unspecified atom stereocenters. The molecule has 0 spiro atoms. The number of nitrogens with zero attached hydrogens (tertiary/aromatic N) is 1. The molecule has 1 atom stereocenters. The second kappa shape index (κ2) is 44.3. The van der Waals surface area contributed by atoms with Gasteiger partial charge in [0.25, 0.3) is 0 Å². The number of aromatic nitrogens is 1. The summed E-state index contributed by atoms with van der Waals surface area (Å²) in [6.07, 6.45) is 6.93. The number of nitrogens with one attached hydrogen (secondary N) is 1. The van der Waals surface area contributed by atoms with E-state index in [4.69, 9.17) is 20.6 Å². The highest BCUT2D eigenvalue weighted by Gasteiger charge is 2.35. The lowest BCUT2D eigenvalue weighted by Gasteiger charge is -2.40. The fourth-order valence-electron chi connectivity index (χ4n) is 7.24. The van der Waals surface area contributed by atoms with Gasteiger partial charge in [0.1, 0.15) is 12.4 Å². The highest BCUT2D eigenvalue weighted by atomic mass is 16.5. The number of benzene rings is 3. The van der Waals surface area contributed by atoms with E-state index < -0.39 is 0 Å². The third kappa shape index (κ3) is 28.3. The van der Waals surface area contributed by atoms with Gasteiger partial charge in [-0.1, -0.05) is 35.7 Å². The van der Waals surface area contributed by atoms with Crippen LogP contribution in [-0.2, 0) is 26.0 Å². The van der Waals surface area contributed by atoms with Crippen LogP contribution in [0.3, 0.4) is 0 Å². The van der Waals surface area contributed by atoms with Crippen molar-refractivity contribution >= 4 is 10.9 Å². The normalized spacial score (nSPS) is 8.74. The second-order valence-electron chi connectivity index (χ2n) is 16.7. The van der Waals surface area contributed by atoms with Crippen molar-refractivity contribution in [2.45, 2.75) is 45.9 Å². The summed E-state index contributed by atoms with van der Waals surface area (Å²) in [4.78, 5) is 6.24. The lowest BCUT2D eigenvalue weighted by Crippen LogP contribution is -2.39. The van der Waals surface area contributed by atoms with Gasteiger partial charge in [-0.25, -0.2) is 0 Å². The van der Waals surface area contributed by atoms with Crippen LogP contribution in [0.4, 0.5) is 0 Å². The van der Waals surface area contributed by atoms with E-state index in [2.05, 4.69) is 403 Å². The average Bonchev–Trinajstić information content (AvgIpc) is 1.48. The van der Waals surface area contributed by atoms with Gasteiger partial charge in [-0.05, 0) is 174 Å². The molecule has 93 heavy (non-hydrogen) atoms. The molecule has 0 fully saturated rings. The first kappa shape index (κ1) is 67.6. The smallest absolute Gasteiger partial charge is 0.161 e. The van der Waals surface area contributed by atoms with Gasteiger partial charge in [0, 0.05) is 273 Å². The third-order valence-electron chi connectivity index (χ3n) is 10.9. The minimum absolute atomic E-state index is 0.335. The molecular formula is C88H34N2O3. The zero-order chi connectivity index (χ0) is 65.5. The lowest BCUT2D eigenvalue weighted by molar-refractivity contribution is 0.158. The Bertz CT molecular complexity index is 5720. The summed E-state index contributed by atoms with van der Waals surface area (Å²) in [7, 11) is 3.45. The summed E-state index contributed by atoms with van der Waals surface area (Å²) in [5, 5.41) is 1.27. The maximum Gasteiger partial charge on any atom is 0.161 e. The largest absolute Gasteiger partial charge is 0.497 e. The van der Waals surface area contributed by atoms with Gasteiger partial charge in [-0.2, -0.15) is 0 Å². The third-order valence-corrected chi connectivity index (χ3v) is 10.9. The Kier molecular flexibility index (Phi) is 32.2. The average molecular weight is 1170 g/mol. The fourth-order valence-corrected chi connectivity index (χ4v) is 7.24. The molecule has 0 radical (unpaired) electrons. The Labute approximate surface area is 547 Å². The Morgan fingerprint density at radius 3 is 1.14 bits per heavy atom. The lowest BCUT2D eigenvalue weighted by atomic mass is 9.85. The highest BCUT2D eigenvalue weighted by molar-refractivity contribution is 5.86. The van der Waals surface area contributed by atoms with E-state index in [9.17, 15) is 0 Å². The van der Waals surface area contributed by atoms with Crippen molar-refractivity contribution in [1.82, 2.24) is 9.88 Å². The van der Waals surface area contributed by atoms with Gasteiger partial charge in [-0.3, -0.25) is 4.90 Å². The molecule has 5 nitrogen and oxygen atoms in total. The van der Waals surface area contributed by atoms with Gasteiger partial charge in [0.15, 0.2) is 11.5 Å². The van der Waals surface area contributed by atoms with Crippen LogP contribution in [0, 0.1) is 351 Å². The standard InChI is InChI=1S/C59H4.C29H30N2O3/c1-3-5-7-9-11-13-15-17-19-21-23-25-27-29-31-33-35-37-39-41-43-45-47-49-51-53-55-57-59-58-56-54-52-50-48-46-44-42-40-38-36-34-32-30-28-26-24-22-20-18-16-14-12-10-8-6-4-2;1-18-4-6-19(7-5-18)17-34-29-12-20-10-11-31-16-26-24(14-27(31)22(20)15-28(29)33-3)23-13-21(32-2)8-9-25(23)30-26/h1H,2H3;4-9,12-13,15,27,30H,10-11,14,16-17H2,1-3H3. The first-order valence-electron chi connectivity index (χ1n) is 26.7. The second-order valence-corrected chi connectivity index (χ2v) is 16.7. The Balaban J connectivity index is 0.000000383. The summed E-state index contributed by atoms with van der Waals surface area (Å²) in [5.74, 6) is 144. The van der Waals surface area contributed by atoms with Crippen LogP contribution in [-0.4, -0.2) is 30.6 Å². The van der Waals surface area contributed by atoms with E-state index in [0.29, 0.717) is 12.6 Å². The first-order chi connectivity index (χ1) is 46.0. The highest BCUT2D eigenvalue weighted by Crippen LogP contribution is 2.44. The minimum atomic E-state index is 0.335. The Hall–Kier alpha value is -16.2. The molecule has 0 bridgehead atoms. The molecule has 0 amide bonds. The number of fused-ring (bicyclic) bond motifs is 6. The first-order valence-corrected chi connectivity index (χ1v) is 26.7. The quantitative estimate of drug-likeness (QED) is 0.234.